The maximum absolute atomic E-state index is 13.5. The van der Waals surface area contributed by atoms with Crippen molar-refractivity contribution in [2.24, 2.45) is 0 Å². The van der Waals surface area contributed by atoms with Crippen molar-refractivity contribution in [3.05, 3.63) is 30.1 Å². The van der Waals surface area contributed by atoms with Crippen LogP contribution in [0.2, 0.25) is 0 Å². The van der Waals surface area contributed by atoms with Gasteiger partial charge < -0.3 is 5.73 Å². The van der Waals surface area contributed by atoms with Gasteiger partial charge in [0.15, 0.2) is 0 Å². The van der Waals surface area contributed by atoms with E-state index >= 15 is 0 Å². The van der Waals surface area contributed by atoms with E-state index in [1.165, 1.54) is 6.07 Å². The number of hydrogen-bond acceptors (Lipinski definition) is 3. The molecule has 1 heterocycles. The van der Waals surface area contributed by atoms with Gasteiger partial charge in [0, 0.05) is 16.5 Å². The molecular formula is C10H10FN3S. The Kier molecular flexibility index (Phi) is 2.64. The van der Waals surface area contributed by atoms with Crippen LogP contribution in [0.3, 0.4) is 0 Å². The highest BCUT2D eigenvalue weighted by molar-refractivity contribution is 7.98. The van der Waals surface area contributed by atoms with Gasteiger partial charge in [-0.2, -0.15) is 5.10 Å². The average molecular weight is 223 g/mol. The average Bonchev–Trinajstić information content (AvgIpc) is 2.65. The first-order valence-electron chi connectivity index (χ1n) is 4.35. The second-order valence-electron chi connectivity index (χ2n) is 3.05. The molecule has 0 spiro atoms. The number of nitrogens with one attached hydrogen (secondary N) is 1. The molecule has 0 aliphatic heterocycles. The van der Waals surface area contributed by atoms with Crippen molar-refractivity contribution in [3.63, 3.8) is 0 Å². The molecule has 5 heteroatoms. The molecule has 3 nitrogen and oxygen atoms in total. The summed E-state index contributed by atoms with van der Waals surface area (Å²) in [4.78, 5) is 1.000. The van der Waals surface area contributed by atoms with E-state index in [-0.39, 0.29) is 5.82 Å². The number of nitrogens with zero attached hydrogens (tertiary/aromatic N) is 1. The smallest absolute Gasteiger partial charge is 0.145 e. The van der Waals surface area contributed by atoms with Gasteiger partial charge in [-0.25, -0.2) is 4.39 Å². The third-order valence-electron chi connectivity index (χ3n) is 2.06. The lowest BCUT2D eigenvalue weighted by molar-refractivity contribution is 0.629. The quantitative estimate of drug-likeness (QED) is 0.769. The van der Waals surface area contributed by atoms with Crippen molar-refractivity contribution in [3.8, 4) is 11.3 Å². The standard InChI is InChI=1S/C10H10FN3S/c1-15-6-2-3-8(11)7(4-6)9-5-10(12)14-13-9/h2-5H,1H3,(H3,12,13,14). The number of benzene rings is 1. The molecule has 0 amide bonds. The molecule has 0 bridgehead atoms. The molecule has 0 unspecified atom stereocenters. The number of aromatic amines is 1. The Labute approximate surface area is 90.9 Å². The second-order valence-corrected chi connectivity index (χ2v) is 3.93. The first kappa shape index (κ1) is 10.0. The molecule has 2 aromatic rings. The molecule has 3 N–H and O–H groups in total. The fraction of sp³-hybridized carbons (Fsp3) is 0.100. The summed E-state index contributed by atoms with van der Waals surface area (Å²) in [6.45, 7) is 0. The van der Waals surface area contributed by atoms with Crippen LogP contribution >= 0.6 is 11.8 Å². The Hall–Kier alpha value is -1.49. The molecule has 1 aromatic carbocycles. The molecule has 0 aliphatic carbocycles. The Bertz CT molecular complexity index is 481. The molecule has 0 saturated heterocycles. The number of anilines is 1. The minimum atomic E-state index is -0.281. The van der Waals surface area contributed by atoms with Crippen LogP contribution in [0.15, 0.2) is 29.2 Å². The van der Waals surface area contributed by atoms with Crippen molar-refractivity contribution in [2.75, 3.05) is 12.0 Å². The zero-order valence-electron chi connectivity index (χ0n) is 8.12. The van der Waals surface area contributed by atoms with Crippen LogP contribution in [-0.2, 0) is 0 Å². The maximum Gasteiger partial charge on any atom is 0.145 e. The van der Waals surface area contributed by atoms with E-state index in [0.717, 1.165) is 4.90 Å². The van der Waals surface area contributed by atoms with E-state index in [9.17, 15) is 4.39 Å². The molecule has 0 radical (unpaired) electrons. The van der Waals surface area contributed by atoms with Gasteiger partial charge in [0.2, 0.25) is 0 Å². The molecule has 15 heavy (non-hydrogen) atoms. The van der Waals surface area contributed by atoms with E-state index in [1.54, 1.807) is 30.0 Å². The van der Waals surface area contributed by atoms with Crippen molar-refractivity contribution >= 4 is 17.6 Å². The highest BCUT2D eigenvalue weighted by Crippen LogP contribution is 2.26. The van der Waals surface area contributed by atoms with E-state index in [0.29, 0.717) is 17.1 Å². The summed E-state index contributed by atoms with van der Waals surface area (Å²) in [6.07, 6.45) is 1.94. The SMILES string of the molecule is CSc1ccc(F)c(-c2cc(N)n[nH]2)c1. The monoisotopic (exact) mass is 223 g/mol. The maximum atomic E-state index is 13.5. The Balaban J connectivity index is 2.51. The van der Waals surface area contributed by atoms with Crippen LogP contribution in [0.4, 0.5) is 10.2 Å². The van der Waals surface area contributed by atoms with Gasteiger partial charge in [0.25, 0.3) is 0 Å². The Morgan fingerprint density at radius 3 is 2.80 bits per heavy atom. The fourth-order valence-electron chi connectivity index (χ4n) is 1.31. The van der Waals surface area contributed by atoms with Gasteiger partial charge in [-0.1, -0.05) is 0 Å². The van der Waals surface area contributed by atoms with Crippen LogP contribution in [-0.4, -0.2) is 16.5 Å². The topological polar surface area (TPSA) is 54.7 Å². The predicted molar refractivity (Wildman–Crippen MR) is 60.2 cm³/mol. The molecule has 0 atom stereocenters. The lowest BCUT2D eigenvalue weighted by Gasteiger charge is -2.02. The van der Waals surface area contributed by atoms with Crippen LogP contribution in [0.5, 0.6) is 0 Å². The molecule has 0 fully saturated rings. The fourth-order valence-corrected chi connectivity index (χ4v) is 1.75. The van der Waals surface area contributed by atoms with E-state index in [4.69, 9.17) is 5.73 Å². The number of hydrogen-bond donors (Lipinski definition) is 2. The number of halogens is 1. The third kappa shape index (κ3) is 1.97. The number of nitrogens with two attached hydrogens (primary N) is 1. The number of rotatable bonds is 2. The molecule has 0 aliphatic rings. The summed E-state index contributed by atoms with van der Waals surface area (Å²) in [7, 11) is 0. The van der Waals surface area contributed by atoms with E-state index in [2.05, 4.69) is 10.2 Å². The van der Waals surface area contributed by atoms with Crippen molar-refractivity contribution < 1.29 is 4.39 Å². The predicted octanol–water partition coefficient (Wildman–Crippen LogP) is 2.52. The highest BCUT2D eigenvalue weighted by atomic mass is 32.2. The van der Waals surface area contributed by atoms with E-state index in [1.807, 2.05) is 6.26 Å². The van der Waals surface area contributed by atoms with Crippen LogP contribution in [0.25, 0.3) is 11.3 Å². The minimum absolute atomic E-state index is 0.281. The van der Waals surface area contributed by atoms with Gasteiger partial charge in [-0.15, -0.1) is 11.8 Å². The molecule has 78 valence electrons. The summed E-state index contributed by atoms with van der Waals surface area (Å²) in [5, 5.41) is 6.46. The summed E-state index contributed by atoms with van der Waals surface area (Å²) in [5.41, 5.74) is 6.56. The van der Waals surface area contributed by atoms with Crippen molar-refractivity contribution in [1.82, 2.24) is 10.2 Å². The number of nitrogen functional groups attached to an aromatic ring is 1. The first-order valence-corrected chi connectivity index (χ1v) is 5.58. The molecule has 2 rings (SSSR count). The van der Waals surface area contributed by atoms with Crippen molar-refractivity contribution in [1.29, 1.82) is 0 Å². The lowest BCUT2D eigenvalue weighted by Crippen LogP contribution is -1.85. The van der Waals surface area contributed by atoms with Gasteiger partial charge in [0.1, 0.15) is 11.6 Å². The normalized spacial score (nSPS) is 10.5. The largest absolute Gasteiger partial charge is 0.382 e. The zero-order valence-corrected chi connectivity index (χ0v) is 8.94. The second kappa shape index (κ2) is 3.94. The Morgan fingerprint density at radius 2 is 2.20 bits per heavy atom. The van der Waals surface area contributed by atoms with Gasteiger partial charge in [0.05, 0.1) is 5.69 Å². The third-order valence-corrected chi connectivity index (χ3v) is 2.79. The van der Waals surface area contributed by atoms with Gasteiger partial charge in [-0.3, -0.25) is 5.10 Å². The minimum Gasteiger partial charge on any atom is -0.382 e. The van der Waals surface area contributed by atoms with Gasteiger partial charge in [-0.05, 0) is 24.5 Å². The Morgan fingerprint density at radius 1 is 1.40 bits per heavy atom. The van der Waals surface area contributed by atoms with Gasteiger partial charge >= 0.3 is 0 Å². The van der Waals surface area contributed by atoms with Crippen molar-refractivity contribution in [2.45, 2.75) is 4.90 Å². The summed E-state index contributed by atoms with van der Waals surface area (Å²) in [6, 6.07) is 6.57. The lowest BCUT2D eigenvalue weighted by atomic mass is 10.1. The van der Waals surface area contributed by atoms with Crippen LogP contribution < -0.4 is 5.73 Å². The summed E-state index contributed by atoms with van der Waals surface area (Å²) >= 11 is 1.56. The summed E-state index contributed by atoms with van der Waals surface area (Å²) < 4.78 is 13.5. The first-order chi connectivity index (χ1) is 7.20. The van der Waals surface area contributed by atoms with E-state index < -0.39 is 0 Å². The number of thioether (sulfide) groups is 1. The summed E-state index contributed by atoms with van der Waals surface area (Å²) in [5.74, 6) is 0.0791. The number of aromatic nitrogens is 2. The highest BCUT2D eigenvalue weighted by Gasteiger charge is 2.08. The molecule has 1 aromatic heterocycles. The zero-order chi connectivity index (χ0) is 10.8. The van der Waals surface area contributed by atoms with Crippen LogP contribution in [0.1, 0.15) is 0 Å². The molecular weight excluding hydrogens is 213 g/mol. The number of H-pyrrole nitrogens is 1. The van der Waals surface area contributed by atoms with Crippen LogP contribution in [0, 0.1) is 5.82 Å². The molecule has 0 saturated carbocycles.